The van der Waals surface area contributed by atoms with Crippen molar-refractivity contribution in [1.82, 2.24) is 0 Å². The summed E-state index contributed by atoms with van der Waals surface area (Å²) in [5.41, 5.74) is 0.632. The Morgan fingerprint density at radius 2 is 0.300 bits per heavy atom. The highest BCUT2D eigenvalue weighted by Gasteiger charge is 2.05. The van der Waals surface area contributed by atoms with E-state index < -0.39 is 11.9 Å². The van der Waals surface area contributed by atoms with E-state index >= 15 is 0 Å². The van der Waals surface area contributed by atoms with Crippen molar-refractivity contribution in [1.29, 1.82) is 0 Å². The first-order valence-electron chi connectivity index (χ1n) is 15.6. The van der Waals surface area contributed by atoms with Crippen LogP contribution in [-0.4, -0.2) is 25.2 Å². The number of carbonyl (C=O) groups excluding carboxylic acids is 2. The zero-order valence-corrected chi connectivity index (χ0v) is 41.0. The van der Waals surface area contributed by atoms with Gasteiger partial charge in [-0.05, 0) is 13.8 Å². The molecule has 0 unspecified atom stereocenters. The first-order chi connectivity index (χ1) is 29.4. The van der Waals surface area contributed by atoms with Gasteiger partial charge in [-0.3, -0.25) is 0 Å². The normalized spacial score (nSPS) is 3.63. The Morgan fingerprint density at radius 1 is 0.233 bits per heavy atom. The predicted octanol–water partition coefficient (Wildman–Crippen LogP) is 19.7. The van der Waals surface area contributed by atoms with Crippen LogP contribution in [0.25, 0.3) is 0 Å². The molecule has 0 N–H and O–H groups in total. The molecule has 354 valence electrons. The number of ether oxygens (including phenoxy) is 2. The Hall–Kier alpha value is -7.56. The molecule has 0 radical (unpaired) electrons. The fourth-order valence-corrected chi connectivity index (χ4v) is 0.515. The lowest BCUT2D eigenvalue weighted by Gasteiger charge is -2.05. The first-order valence-corrected chi connectivity index (χ1v) is 15.6. The molecular formula is C56H106O4. The highest BCUT2D eigenvalue weighted by atomic mass is 16.6. The third kappa shape index (κ3) is 2230. The second kappa shape index (κ2) is 1840. The molecule has 4 heteroatoms. The average Bonchev–Trinajstić information content (AvgIpc) is 3.43. The molecule has 0 aromatic heterocycles. The summed E-state index contributed by atoms with van der Waals surface area (Å²) in [7, 11) is 0. The van der Waals surface area contributed by atoms with Crippen molar-refractivity contribution in [3.63, 3.8) is 0 Å². The second-order valence-corrected chi connectivity index (χ2v) is 2.83. The van der Waals surface area contributed by atoms with Gasteiger partial charge in [-0.15, -0.1) is 303 Å². The van der Waals surface area contributed by atoms with E-state index in [4.69, 9.17) is 0 Å². The minimum Gasteiger partial charge on any atom is -0.459 e. The molecular weight excluding hydrogens is 737 g/mol. The van der Waals surface area contributed by atoms with Crippen LogP contribution in [0.3, 0.4) is 0 Å². The molecule has 0 amide bonds. The molecule has 0 aliphatic carbocycles. The minimum atomic E-state index is -0.489. The van der Waals surface area contributed by atoms with E-state index in [9.17, 15) is 9.59 Å². The Morgan fingerprint density at radius 3 is 0.350 bits per heavy atom. The molecule has 0 aliphatic rings. The van der Waals surface area contributed by atoms with Crippen LogP contribution in [0.2, 0.25) is 0 Å². The fourth-order valence-electron chi connectivity index (χ4n) is 0.515. The van der Waals surface area contributed by atoms with Crippen molar-refractivity contribution in [3.8, 4) is 0 Å². The van der Waals surface area contributed by atoms with E-state index in [1.807, 2.05) is 0 Å². The lowest BCUT2D eigenvalue weighted by atomic mass is 10.4. The highest BCUT2D eigenvalue weighted by Crippen LogP contribution is 1.94. The van der Waals surface area contributed by atoms with Crippen molar-refractivity contribution in [2.45, 2.75) is 13.8 Å². The maximum absolute atomic E-state index is 10.8. The van der Waals surface area contributed by atoms with E-state index in [-0.39, 0.29) is 13.2 Å². The standard InChI is InChI=1S/C10H14O4.23C2H4/c1-7(2)9(11)13-5-6-14-10(12)8(3)4;23*1-2/h1,3,5-6H2,2,4H3;23*1-2H2. The molecule has 0 aromatic rings. The van der Waals surface area contributed by atoms with Crippen LogP contribution >= 0.6 is 0 Å². The van der Waals surface area contributed by atoms with Gasteiger partial charge in [-0.1, -0.05) is 13.2 Å². The third-order valence-electron chi connectivity index (χ3n) is 1.25. The van der Waals surface area contributed by atoms with Gasteiger partial charge in [0.25, 0.3) is 0 Å². The maximum atomic E-state index is 10.8. The fraction of sp³-hybridized carbons (Fsp3) is 0.0714. The molecule has 0 spiro atoms. The van der Waals surface area contributed by atoms with Crippen molar-refractivity contribution >= 4 is 11.9 Å². The predicted molar refractivity (Wildman–Crippen MR) is 310 cm³/mol. The molecule has 4 nitrogen and oxygen atoms in total. The Kier molecular flexibility index (Phi) is 5250. The molecule has 0 saturated carbocycles. The molecule has 0 saturated heterocycles. The molecule has 0 atom stereocenters. The van der Waals surface area contributed by atoms with Gasteiger partial charge in [-0.2, -0.15) is 0 Å². The summed E-state index contributed by atoms with van der Waals surface area (Å²) in [4.78, 5) is 21.7. The highest BCUT2D eigenvalue weighted by molar-refractivity contribution is 5.87. The zero-order chi connectivity index (χ0) is 57.1. The molecule has 0 aliphatic heterocycles. The van der Waals surface area contributed by atoms with Crippen LogP contribution < -0.4 is 0 Å². The molecule has 0 heterocycles. The zero-order valence-electron chi connectivity index (χ0n) is 41.0. The van der Waals surface area contributed by atoms with E-state index in [1.165, 1.54) is 0 Å². The number of hydrogen-bond donors (Lipinski definition) is 0. The first kappa shape index (κ1) is 172. The van der Waals surface area contributed by atoms with Crippen LogP contribution in [-0.2, 0) is 19.1 Å². The average molecular weight is 843 g/mol. The van der Waals surface area contributed by atoms with Crippen molar-refractivity contribution < 1.29 is 19.1 Å². The Bertz CT molecular complexity index is 452. The quantitative estimate of drug-likeness (QED) is 0.120. The Balaban J connectivity index is -0.0000000111. The monoisotopic (exact) mass is 843 g/mol. The second-order valence-electron chi connectivity index (χ2n) is 2.83. The van der Waals surface area contributed by atoms with Gasteiger partial charge in [0.1, 0.15) is 13.2 Å². The van der Waals surface area contributed by atoms with Gasteiger partial charge in [0.15, 0.2) is 0 Å². The summed E-state index contributed by atoms with van der Waals surface area (Å²) in [5.74, 6) is -0.979. The van der Waals surface area contributed by atoms with Crippen LogP contribution in [0.1, 0.15) is 13.8 Å². The summed E-state index contributed by atoms with van der Waals surface area (Å²) in [6, 6.07) is 0. The molecule has 0 fully saturated rings. The van der Waals surface area contributed by atoms with Crippen molar-refractivity contribution in [2.75, 3.05) is 13.2 Å². The smallest absolute Gasteiger partial charge is 0.333 e. The minimum absolute atomic E-state index is 0.0325. The van der Waals surface area contributed by atoms with E-state index in [0.717, 1.165) is 0 Å². The number of carbonyl (C=O) groups is 2. The van der Waals surface area contributed by atoms with E-state index in [0.29, 0.717) is 11.1 Å². The topological polar surface area (TPSA) is 52.6 Å². The van der Waals surface area contributed by atoms with Gasteiger partial charge < -0.3 is 9.47 Å². The van der Waals surface area contributed by atoms with Gasteiger partial charge >= 0.3 is 11.9 Å². The van der Waals surface area contributed by atoms with Gasteiger partial charge in [0.05, 0.1) is 0 Å². The maximum Gasteiger partial charge on any atom is 0.333 e. The summed E-state index contributed by atoms with van der Waals surface area (Å²) in [6.45, 7) is 148. The molecule has 60 heavy (non-hydrogen) atoms. The summed E-state index contributed by atoms with van der Waals surface area (Å²) in [5, 5.41) is 0. The van der Waals surface area contributed by atoms with Crippen LogP contribution in [0.4, 0.5) is 0 Å². The molecule has 0 rings (SSSR count). The van der Waals surface area contributed by atoms with Gasteiger partial charge in [0.2, 0.25) is 0 Å². The number of hydrogen-bond acceptors (Lipinski definition) is 4. The van der Waals surface area contributed by atoms with Gasteiger partial charge in [0, 0.05) is 11.1 Å². The van der Waals surface area contributed by atoms with E-state index in [2.05, 4.69) is 325 Å². The van der Waals surface area contributed by atoms with Crippen LogP contribution in [0, 0.1) is 0 Å². The van der Waals surface area contributed by atoms with Crippen LogP contribution in [0.15, 0.2) is 327 Å². The summed E-state index contributed by atoms with van der Waals surface area (Å²) >= 11 is 0. The lowest BCUT2D eigenvalue weighted by Crippen LogP contribution is -2.14. The van der Waals surface area contributed by atoms with Crippen LogP contribution in [0.5, 0.6) is 0 Å². The Labute approximate surface area is 383 Å². The summed E-state index contributed by atoms with van der Waals surface area (Å²) < 4.78 is 9.38. The van der Waals surface area contributed by atoms with Crippen molar-refractivity contribution in [2.24, 2.45) is 0 Å². The number of rotatable bonds is 5. The molecule has 0 aromatic carbocycles. The summed E-state index contributed by atoms with van der Waals surface area (Å²) in [6.07, 6.45) is 0. The third-order valence-corrected chi connectivity index (χ3v) is 1.25. The van der Waals surface area contributed by atoms with Crippen molar-refractivity contribution in [3.05, 3.63) is 327 Å². The van der Waals surface area contributed by atoms with Gasteiger partial charge in [-0.25, -0.2) is 9.59 Å². The SMILES string of the molecule is C=C.C=C.C=C.C=C.C=C.C=C.C=C.C=C.C=C.C=C.C=C.C=C.C=C.C=C.C=C.C=C.C=C.C=C.C=C.C=C.C=C.C=C.C=C.C=C(C)C(=O)OCCOC(=O)C(=C)C. The lowest BCUT2D eigenvalue weighted by molar-refractivity contribution is -0.147. The van der Waals surface area contributed by atoms with E-state index in [1.54, 1.807) is 13.8 Å². The molecule has 0 bridgehead atoms. The largest absolute Gasteiger partial charge is 0.459 e. The number of esters is 2.